The molecule has 1 rings (SSSR count). The van der Waals surface area contributed by atoms with Gasteiger partial charge in [0.15, 0.2) is 0 Å². The third kappa shape index (κ3) is 2.68. The van der Waals surface area contributed by atoms with Crippen molar-refractivity contribution in [2.75, 3.05) is 14.1 Å². The van der Waals surface area contributed by atoms with E-state index in [0.29, 0.717) is 0 Å². The molecule has 1 aromatic rings. The number of rotatable bonds is 5. The molecule has 17 heavy (non-hydrogen) atoms. The first kappa shape index (κ1) is 14.2. The summed E-state index contributed by atoms with van der Waals surface area (Å²) >= 11 is 0. The van der Waals surface area contributed by atoms with Gasteiger partial charge >= 0.3 is 0 Å². The van der Waals surface area contributed by atoms with Crippen molar-refractivity contribution in [3.63, 3.8) is 0 Å². The van der Waals surface area contributed by atoms with Crippen LogP contribution >= 0.6 is 0 Å². The van der Waals surface area contributed by atoms with Gasteiger partial charge in [-0.05, 0) is 45.5 Å². The van der Waals surface area contributed by atoms with Crippen LogP contribution in [-0.4, -0.2) is 24.5 Å². The molecule has 0 aromatic heterocycles. The highest BCUT2D eigenvalue weighted by Crippen LogP contribution is 2.33. The third-order valence-corrected chi connectivity index (χ3v) is 4.03. The Hall–Kier alpha value is -0.900. The van der Waals surface area contributed by atoms with Gasteiger partial charge in [-0.15, -0.1) is 0 Å². The number of likely N-dealkylation sites (N-methyl/N-ethyl adjacent to an activating group) is 1. The molecule has 2 atom stereocenters. The van der Waals surface area contributed by atoms with E-state index in [4.69, 9.17) is 5.84 Å². The van der Waals surface area contributed by atoms with Gasteiger partial charge in [-0.25, -0.2) is 0 Å². The summed E-state index contributed by atoms with van der Waals surface area (Å²) in [6.45, 7) is 6.57. The van der Waals surface area contributed by atoms with Crippen LogP contribution in [0.25, 0.3) is 0 Å². The molecule has 0 spiro atoms. The fourth-order valence-corrected chi connectivity index (χ4v) is 2.29. The largest absolute Gasteiger partial charge is 0.302 e. The van der Waals surface area contributed by atoms with Crippen molar-refractivity contribution in [1.29, 1.82) is 0 Å². The van der Waals surface area contributed by atoms with E-state index in [1.165, 1.54) is 11.1 Å². The lowest BCUT2D eigenvalue weighted by atomic mass is 9.82. The van der Waals surface area contributed by atoms with Gasteiger partial charge in [-0.2, -0.15) is 0 Å². The van der Waals surface area contributed by atoms with E-state index in [2.05, 4.69) is 69.5 Å². The van der Waals surface area contributed by atoms with Gasteiger partial charge in [-0.1, -0.05) is 31.2 Å². The van der Waals surface area contributed by atoms with Crippen molar-refractivity contribution in [1.82, 2.24) is 10.3 Å². The number of hydrogen-bond donors (Lipinski definition) is 2. The van der Waals surface area contributed by atoms with E-state index in [9.17, 15) is 0 Å². The van der Waals surface area contributed by atoms with Crippen LogP contribution in [0.2, 0.25) is 0 Å². The van der Waals surface area contributed by atoms with Gasteiger partial charge in [-0.3, -0.25) is 11.3 Å². The average molecular weight is 235 g/mol. The zero-order valence-corrected chi connectivity index (χ0v) is 11.6. The molecule has 96 valence electrons. The first-order valence-electron chi connectivity index (χ1n) is 6.16. The predicted octanol–water partition coefficient (Wildman–Crippen LogP) is 2.23. The topological polar surface area (TPSA) is 41.3 Å². The Morgan fingerprint density at radius 3 is 2.35 bits per heavy atom. The maximum absolute atomic E-state index is 5.80. The lowest BCUT2D eigenvalue weighted by molar-refractivity contribution is 0.112. The number of hydrazine groups is 1. The van der Waals surface area contributed by atoms with Crippen LogP contribution in [0.3, 0.4) is 0 Å². The highest BCUT2D eigenvalue weighted by molar-refractivity contribution is 5.31. The second-order valence-electron chi connectivity index (χ2n) is 5.06. The normalized spacial score (nSPS) is 16.9. The SMILES string of the molecule is CCC(C)(C(NN)c1ccccc1C)N(C)C. The van der Waals surface area contributed by atoms with E-state index in [0.717, 1.165) is 6.42 Å². The summed E-state index contributed by atoms with van der Waals surface area (Å²) in [4.78, 5) is 2.24. The summed E-state index contributed by atoms with van der Waals surface area (Å²) < 4.78 is 0. The molecular weight excluding hydrogens is 210 g/mol. The molecule has 3 N–H and O–H groups in total. The molecular formula is C14H25N3. The van der Waals surface area contributed by atoms with Crippen LogP contribution in [0, 0.1) is 6.92 Å². The zero-order chi connectivity index (χ0) is 13.1. The maximum Gasteiger partial charge on any atom is 0.0643 e. The summed E-state index contributed by atoms with van der Waals surface area (Å²) in [6, 6.07) is 8.54. The quantitative estimate of drug-likeness (QED) is 0.607. The Labute approximate surface area is 105 Å². The van der Waals surface area contributed by atoms with Gasteiger partial charge in [0.2, 0.25) is 0 Å². The average Bonchev–Trinajstić information content (AvgIpc) is 2.31. The Kier molecular flexibility index (Phi) is 4.69. The van der Waals surface area contributed by atoms with Crippen LogP contribution < -0.4 is 11.3 Å². The minimum absolute atomic E-state index is 0.000856. The maximum atomic E-state index is 5.80. The van der Waals surface area contributed by atoms with Crippen molar-refractivity contribution in [3.05, 3.63) is 35.4 Å². The molecule has 3 nitrogen and oxygen atoms in total. The predicted molar refractivity (Wildman–Crippen MR) is 73.6 cm³/mol. The number of hydrogen-bond acceptors (Lipinski definition) is 3. The van der Waals surface area contributed by atoms with E-state index < -0.39 is 0 Å². The minimum atomic E-state index is 0.000856. The van der Waals surface area contributed by atoms with Gasteiger partial charge in [0.1, 0.15) is 0 Å². The Morgan fingerprint density at radius 2 is 1.94 bits per heavy atom. The second-order valence-corrected chi connectivity index (χ2v) is 5.06. The van der Waals surface area contributed by atoms with Crippen molar-refractivity contribution in [3.8, 4) is 0 Å². The molecule has 0 saturated carbocycles. The fourth-order valence-electron chi connectivity index (χ4n) is 2.29. The van der Waals surface area contributed by atoms with E-state index in [1.54, 1.807) is 0 Å². The number of benzene rings is 1. The van der Waals surface area contributed by atoms with Crippen molar-refractivity contribution >= 4 is 0 Å². The van der Waals surface area contributed by atoms with Crippen molar-refractivity contribution in [2.45, 2.75) is 38.8 Å². The molecule has 0 amide bonds. The molecule has 0 aliphatic heterocycles. The number of nitrogens with one attached hydrogen (secondary N) is 1. The number of aryl methyl sites for hydroxylation is 1. The zero-order valence-electron chi connectivity index (χ0n) is 11.6. The number of nitrogens with two attached hydrogens (primary N) is 1. The fraction of sp³-hybridized carbons (Fsp3) is 0.571. The van der Waals surface area contributed by atoms with E-state index in [1.807, 2.05) is 0 Å². The molecule has 3 heteroatoms. The van der Waals surface area contributed by atoms with Crippen LogP contribution in [0.4, 0.5) is 0 Å². The van der Waals surface area contributed by atoms with Gasteiger partial charge in [0, 0.05) is 5.54 Å². The minimum Gasteiger partial charge on any atom is -0.302 e. The smallest absolute Gasteiger partial charge is 0.0643 e. The van der Waals surface area contributed by atoms with E-state index in [-0.39, 0.29) is 11.6 Å². The lowest BCUT2D eigenvalue weighted by Gasteiger charge is -2.43. The molecule has 0 saturated heterocycles. The summed E-state index contributed by atoms with van der Waals surface area (Å²) in [5, 5.41) is 0. The van der Waals surface area contributed by atoms with Gasteiger partial charge in [0.25, 0.3) is 0 Å². The summed E-state index contributed by atoms with van der Waals surface area (Å²) in [5.74, 6) is 5.80. The Balaban J connectivity index is 3.19. The molecule has 0 aliphatic rings. The monoisotopic (exact) mass is 235 g/mol. The van der Waals surface area contributed by atoms with E-state index >= 15 is 0 Å². The molecule has 1 aromatic carbocycles. The van der Waals surface area contributed by atoms with Crippen molar-refractivity contribution < 1.29 is 0 Å². The van der Waals surface area contributed by atoms with Crippen molar-refractivity contribution in [2.24, 2.45) is 5.84 Å². The third-order valence-electron chi connectivity index (χ3n) is 4.03. The van der Waals surface area contributed by atoms with Crippen LogP contribution in [0.1, 0.15) is 37.4 Å². The van der Waals surface area contributed by atoms with Crippen LogP contribution in [-0.2, 0) is 0 Å². The molecule has 0 bridgehead atoms. The molecule has 2 unspecified atom stereocenters. The second kappa shape index (κ2) is 5.63. The summed E-state index contributed by atoms with van der Waals surface area (Å²) in [7, 11) is 4.21. The highest BCUT2D eigenvalue weighted by Gasteiger charge is 2.35. The highest BCUT2D eigenvalue weighted by atomic mass is 15.3. The molecule has 0 aliphatic carbocycles. The molecule has 0 radical (unpaired) electrons. The van der Waals surface area contributed by atoms with Crippen LogP contribution in [0.5, 0.6) is 0 Å². The van der Waals surface area contributed by atoms with Crippen LogP contribution in [0.15, 0.2) is 24.3 Å². The molecule has 0 heterocycles. The van der Waals surface area contributed by atoms with Gasteiger partial charge in [0.05, 0.1) is 6.04 Å². The summed E-state index contributed by atoms with van der Waals surface area (Å²) in [6.07, 6.45) is 1.03. The first-order chi connectivity index (χ1) is 7.97. The lowest BCUT2D eigenvalue weighted by Crippen LogP contribution is -2.53. The standard InChI is InChI=1S/C14H25N3/c1-6-14(3,17(4)5)13(16-15)12-10-8-7-9-11(12)2/h7-10,13,16H,6,15H2,1-5H3. The Morgan fingerprint density at radius 1 is 1.35 bits per heavy atom. The summed E-state index contributed by atoms with van der Waals surface area (Å²) in [5.41, 5.74) is 5.54. The first-order valence-corrected chi connectivity index (χ1v) is 6.16. The molecule has 0 fully saturated rings. The number of nitrogens with zero attached hydrogens (tertiary/aromatic N) is 1. The Bertz CT molecular complexity index is 362. The van der Waals surface area contributed by atoms with Gasteiger partial charge < -0.3 is 4.90 Å².